The van der Waals surface area contributed by atoms with E-state index < -0.39 is 18.0 Å². The van der Waals surface area contributed by atoms with E-state index >= 15 is 0 Å². The molecule has 0 aromatic heterocycles. The van der Waals surface area contributed by atoms with Crippen LogP contribution in [0, 0.1) is 3.57 Å². The predicted octanol–water partition coefficient (Wildman–Crippen LogP) is 2.56. The molecule has 0 aliphatic heterocycles. The zero-order chi connectivity index (χ0) is 10.9. The molecular weight excluding hydrogens is 310 g/mol. The number of nitrogens with two attached hydrogens (primary N) is 1. The summed E-state index contributed by atoms with van der Waals surface area (Å²) in [6.07, 6.45) is -4.54. The monoisotopic (exact) mass is 317 g/mol. The Morgan fingerprint density at radius 2 is 1.93 bits per heavy atom. The van der Waals surface area contributed by atoms with Crippen LogP contribution in [0.3, 0.4) is 0 Å². The van der Waals surface area contributed by atoms with E-state index in [2.05, 4.69) is 0 Å². The van der Waals surface area contributed by atoms with Gasteiger partial charge in [-0.15, -0.1) is 0 Å². The number of hydrogen-bond donors (Lipinski definition) is 2. The highest BCUT2D eigenvalue weighted by atomic mass is 127. The van der Waals surface area contributed by atoms with Crippen LogP contribution in [0.15, 0.2) is 18.2 Å². The SMILES string of the molecule is N[C@H](c1ccc(I)cc1O)C(F)(F)F. The van der Waals surface area contributed by atoms with Crippen molar-refractivity contribution in [1.82, 2.24) is 0 Å². The summed E-state index contributed by atoms with van der Waals surface area (Å²) in [5.41, 5.74) is 4.63. The van der Waals surface area contributed by atoms with Crippen LogP contribution in [-0.4, -0.2) is 11.3 Å². The molecule has 0 aliphatic carbocycles. The van der Waals surface area contributed by atoms with E-state index in [0.29, 0.717) is 3.57 Å². The summed E-state index contributed by atoms with van der Waals surface area (Å²) in [6, 6.07) is 1.73. The van der Waals surface area contributed by atoms with Gasteiger partial charge in [-0.3, -0.25) is 0 Å². The zero-order valence-electron chi connectivity index (χ0n) is 6.85. The van der Waals surface area contributed by atoms with Crippen molar-refractivity contribution in [2.45, 2.75) is 12.2 Å². The molecular formula is C8H7F3INO. The Balaban J connectivity index is 3.08. The first kappa shape index (κ1) is 11.6. The van der Waals surface area contributed by atoms with Crippen LogP contribution in [0.5, 0.6) is 5.75 Å². The Morgan fingerprint density at radius 3 is 2.36 bits per heavy atom. The average molecular weight is 317 g/mol. The normalized spacial score (nSPS) is 14.1. The molecule has 1 atom stereocenters. The van der Waals surface area contributed by atoms with Gasteiger partial charge in [0.25, 0.3) is 0 Å². The lowest BCUT2D eigenvalue weighted by molar-refractivity contribution is -0.149. The molecule has 0 saturated heterocycles. The molecule has 6 heteroatoms. The molecule has 2 nitrogen and oxygen atoms in total. The van der Waals surface area contributed by atoms with E-state index in [-0.39, 0.29) is 5.56 Å². The first-order chi connectivity index (χ1) is 6.32. The lowest BCUT2D eigenvalue weighted by Crippen LogP contribution is -2.28. The van der Waals surface area contributed by atoms with E-state index in [4.69, 9.17) is 5.73 Å². The van der Waals surface area contributed by atoms with Gasteiger partial charge >= 0.3 is 6.18 Å². The van der Waals surface area contributed by atoms with Crippen LogP contribution < -0.4 is 5.73 Å². The molecule has 78 valence electrons. The summed E-state index contributed by atoms with van der Waals surface area (Å²) in [5, 5.41) is 9.24. The number of aromatic hydroxyl groups is 1. The highest BCUT2D eigenvalue weighted by Gasteiger charge is 2.39. The smallest absolute Gasteiger partial charge is 0.407 e. The van der Waals surface area contributed by atoms with Crippen molar-refractivity contribution in [2.75, 3.05) is 0 Å². The molecule has 0 saturated carbocycles. The van der Waals surface area contributed by atoms with Gasteiger partial charge in [-0.2, -0.15) is 13.2 Å². The number of benzene rings is 1. The fourth-order valence-electron chi connectivity index (χ4n) is 0.956. The fourth-order valence-corrected chi connectivity index (χ4v) is 1.43. The predicted molar refractivity (Wildman–Crippen MR) is 53.8 cm³/mol. The van der Waals surface area contributed by atoms with Gasteiger partial charge < -0.3 is 10.8 Å². The van der Waals surface area contributed by atoms with Gasteiger partial charge in [-0.25, -0.2) is 0 Å². The number of rotatable bonds is 1. The third-order valence-corrected chi connectivity index (χ3v) is 2.35. The Labute approximate surface area is 92.1 Å². The standard InChI is InChI=1S/C8H7F3INO/c9-8(10,11)7(13)5-2-1-4(12)3-6(5)14/h1-3,7,14H,13H2/t7-/m1/s1. The summed E-state index contributed by atoms with van der Waals surface area (Å²) >= 11 is 1.88. The van der Waals surface area contributed by atoms with Crippen LogP contribution >= 0.6 is 22.6 Å². The summed E-state index contributed by atoms with van der Waals surface area (Å²) in [5.74, 6) is -0.429. The number of halogens is 4. The molecule has 0 unspecified atom stereocenters. The lowest BCUT2D eigenvalue weighted by atomic mass is 10.1. The van der Waals surface area contributed by atoms with Gasteiger partial charge in [0.05, 0.1) is 0 Å². The molecule has 0 bridgehead atoms. The second kappa shape index (κ2) is 3.93. The van der Waals surface area contributed by atoms with Crippen LogP contribution in [0.4, 0.5) is 13.2 Å². The van der Waals surface area contributed by atoms with Crippen molar-refractivity contribution >= 4 is 22.6 Å². The van der Waals surface area contributed by atoms with Crippen molar-refractivity contribution < 1.29 is 18.3 Å². The average Bonchev–Trinajstić information content (AvgIpc) is 2.01. The highest BCUT2D eigenvalue weighted by Crippen LogP contribution is 2.35. The fraction of sp³-hybridized carbons (Fsp3) is 0.250. The van der Waals surface area contributed by atoms with Crippen LogP contribution in [0.2, 0.25) is 0 Å². The van der Waals surface area contributed by atoms with Gasteiger partial charge in [-0.05, 0) is 34.7 Å². The van der Waals surface area contributed by atoms with E-state index in [0.717, 1.165) is 0 Å². The van der Waals surface area contributed by atoms with Crippen molar-refractivity contribution in [3.05, 3.63) is 27.3 Å². The summed E-state index contributed by atoms with van der Waals surface area (Å²) in [6.45, 7) is 0. The van der Waals surface area contributed by atoms with E-state index in [1.54, 1.807) is 0 Å². The Morgan fingerprint density at radius 1 is 1.36 bits per heavy atom. The third-order valence-electron chi connectivity index (χ3n) is 1.68. The molecule has 1 aromatic rings. The summed E-state index contributed by atoms with van der Waals surface area (Å²) < 4.78 is 37.2. The van der Waals surface area contributed by atoms with Gasteiger partial charge in [0.1, 0.15) is 11.8 Å². The number of alkyl halides is 3. The molecule has 1 rings (SSSR count). The Kier molecular flexibility index (Phi) is 3.25. The molecule has 0 heterocycles. The molecule has 0 amide bonds. The van der Waals surface area contributed by atoms with E-state index in [1.807, 2.05) is 22.6 Å². The van der Waals surface area contributed by atoms with Gasteiger partial charge in [0.2, 0.25) is 0 Å². The van der Waals surface area contributed by atoms with Gasteiger partial charge in [0, 0.05) is 9.13 Å². The van der Waals surface area contributed by atoms with Crippen molar-refractivity contribution in [3.63, 3.8) is 0 Å². The van der Waals surface area contributed by atoms with E-state index in [1.165, 1.54) is 18.2 Å². The molecule has 0 aliphatic rings. The van der Waals surface area contributed by atoms with E-state index in [9.17, 15) is 18.3 Å². The highest BCUT2D eigenvalue weighted by molar-refractivity contribution is 14.1. The molecule has 0 spiro atoms. The zero-order valence-corrected chi connectivity index (χ0v) is 9.00. The minimum absolute atomic E-state index is 0.307. The Bertz CT molecular complexity index is 340. The van der Waals surface area contributed by atoms with Crippen molar-refractivity contribution in [1.29, 1.82) is 0 Å². The maximum Gasteiger partial charge on any atom is 0.407 e. The largest absolute Gasteiger partial charge is 0.508 e. The van der Waals surface area contributed by atoms with Crippen LogP contribution in [0.1, 0.15) is 11.6 Å². The minimum Gasteiger partial charge on any atom is -0.508 e. The van der Waals surface area contributed by atoms with Gasteiger partial charge in [0.15, 0.2) is 0 Å². The topological polar surface area (TPSA) is 46.2 Å². The first-order valence-corrected chi connectivity index (χ1v) is 4.71. The first-order valence-electron chi connectivity index (χ1n) is 3.63. The molecule has 3 N–H and O–H groups in total. The third kappa shape index (κ3) is 2.50. The second-order valence-electron chi connectivity index (χ2n) is 2.72. The molecule has 0 radical (unpaired) electrons. The van der Waals surface area contributed by atoms with Crippen molar-refractivity contribution in [3.8, 4) is 5.75 Å². The maximum absolute atomic E-state index is 12.2. The summed E-state index contributed by atoms with van der Waals surface area (Å²) in [7, 11) is 0. The van der Waals surface area contributed by atoms with Gasteiger partial charge in [-0.1, -0.05) is 6.07 Å². The number of phenolic OH excluding ortho intramolecular Hbond substituents is 1. The second-order valence-corrected chi connectivity index (χ2v) is 3.97. The lowest BCUT2D eigenvalue weighted by Gasteiger charge is -2.16. The maximum atomic E-state index is 12.2. The number of phenols is 1. The molecule has 1 aromatic carbocycles. The van der Waals surface area contributed by atoms with Crippen molar-refractivity contribution in [2.24, 2.45) is 5.73 Å². The molecule has 0 fully saturated rings. The molecule has 14 heavy (non-hydrogen) atoms. The quantitative estimate of drug-likeness (QED) is 0.782. The summed E-state index contributed by atoms with van der Waals surface area (Å²) in [4.78, 5) is 0. The Hall–Kier alpha value is -0.500. The minimum atomic E-state index is -4.54. The van der Waals surface area contributed by atoms with Crippen LogP contribution in [-0.2, 0) is 0 Å². The van der Waals surface area contributed by atoms with Crippen LogP contribution in [0.25, 0.3) is 0 Å². The number of hydrogen-bond acceptors (Lipinski definition) is 2.